The molecule has 2 aromatic rings. The zero-order valence-corrected chi connectivity index (χ0v) is 14.0. The molecule has 23 heavy (non-hydrogen) atoms. The van der Waals surface area contributed by atoms with Gasteiger partial charge in [-0.15, -0.1) is 0 Å². The molecular formula is C14H10BrF4NO2S. The summed E-state index contributed by atoms with van der Waals surface area (Å²) in [6, 6.07) is 6.78. The van der Waals surface area contributed by atoms with Crippen LogP contribution in [0.5, 0.6) is 0 Å². The van der Waals surface area contributed by atoms with E-state index in [0.29, 0.717) is 5.56 Å². The van der Waals surface area contributed by atoms with E-state index in [2.05, 4.69) is 15.9 Å². The monoisotopic (exact) mass is 411 g/mol. The predicted octanol–water partition coefficient (Wildman–Crippen LogP) is 3.79. The highest BCUT2D eigenvalue weighted by Crippen LogP contribution is 2.32. The second kappa shape index (κ2) is 6.58. The molecule has 124 valence electrons. The standard InChI is InChI=1S/C14H10BrF4NO2S/c1-7-4-2-3-5-8(7)6-20-23(21,22)14-9(15)10(16)11(17)12(18)13(14)19/h2-5,20H,6H2,1H3. The number of sulfonamides is 1. The topological polar surface area (TPSA) is 46.2 Å². The first kappa shape index (κ1) is 17.9. The third-order valence-electron chi connectivity index (χ3n) is 3.15. The molecule has 0 radical (unpaired) electrons. The molecule has 2 rings (SSSR count). The van der Waals surface area contributed by atoms with Gasteiger partial charge in [-0.1, -0.05) is 24.3 Å². The number of aryl methyl sites for hydroxylation is 1. The number of nitrogens with one attached hydrogen (secondary N) is 1. The molecule has 0 atom stereocenters. The first-order chi connectivity index (χ1) is 10.7. The molecule has 0 saturated heterocycles. The number of halogens is 5. The van der Waals surface area contributed by atoms with Gasteiger partial charge in [-0.05, 0) is 34.0 Å². The van der Waals surface area contributed by atoms with Crippen molar-refractivity contribution in [2.24, 2.45) is 0 Å². The lowest BCUT2D eigenvalue weighted by molar-refractivity contribution is 0.392. The second-order valence-electron chi connectivity index (χ2n) is 4.65. The van der Waals surface area contributed by atoms with Crippen LogP contribution in [0.3, 0.4) is 0 Å². The van der Waals surface area contributed by atoms with Gasteiger partial charge in [0.2, 0.25) is 10.0 Å². The normalized spacial score (nSPS) is 11.7. The van der Waals surface area contributed by atoms with Crippen molar-refractivity contribution in [2.75, 3.05) is 0 Å². The van der Waals surface area contributed by atoms with Crippen LogP contribution in [0.4, 0.5) is 17.6 Å². The third kappa shape index (κ3) is 3.41. The maximum atomic E-state index is 13.8. The first-order valence-corrected chi connectivity index (χ1v) is 8.50. The lowest BCUT2D eigenvalue weighted by Gasteiger charge is -2.12. The summed E-state index contributed by atoms with van der Waals surface area (Å²) < 4.78 is 78.9. The highest BCUT2D eigenvalue weighted by Gasteiger charge is 2.31. The molecule has 9 heteroatoms. The van der Waals surface area contributed by atoms with Crippen molar-refractivity contribution >= 4 is 26.0 Å². The summed E-state index contributed by atoms with van der Waals surface area (Å²) in [6.07, 6.45) is 0. The maximum absolute atomic E-state index is 13.8. The molecule has 0 aliphatic rings. The van der Waals surface area contributed by atoms with Crippen LogP contribution in [0.15, 0.2) is 33.6 Å². The minimum absolute atomic E-state index is 0.221. The molecule has 0 bridgehead atoms. The van der Waals surface area contributed by atoms with E-state index >= 15 is 0 Å². The summed E-state index contributed by atoms with van der Waals surface area (Å²) in [5, 5.41) is 0. The van der Waals surface area contributed by atoms with E-state index in [4.69, 9.17) is 0 Å². The predicted molar refractivity (Wildman–Crippen MR) is 79.2 cm³/mol. The van der Waals surface area contributed by atoms with Gasteiger partial charge in [0.05, 0.1) is 4.47 Å². The molecule has 0 spiro atoms. The van der Waals surface area contributed by atoms with E-state index in [1.165, 1.54) is 0 Å². The Morgan fingerprint density at radius 2 is 1.57 bits per heavy atom. The average Bonchev–Trinajstić information content (AvgIpc) is 2.50. The molecule has 0 aromatic heterocycles. The zero-order valence-electron chi connectivity index (χ0n) is 11.6. The Labute approximate surface area is 138 Å². The maximum Gasteiger partial charge on any atom is 0.245 e. The van der Waals surface area contributed by atoms with Crippen LogP contribution < -0.4 is 4.72 Å². The lowest BCUT2D eigenvalue weighted by atomic mass is 10.1. The highest BCUT2D eigenvalue weighted by atomic mass is 79.9. The van der Waals surface area contributed by atoms with Crippen LogP contribution in [-0.4, -0.2) is 8.42 Å². The van der Waals surface area contributed by atoms with Crippen LogP contribution in [0.2, 0.25) is 0 Å². The van der Waals surface area contributed by atoms with E-state index in [9.17, 15) is 26.0 Å². The van der Waals surface area contributed by atoms with Gasteiger partial charge in [0, 0.05) is 6.54 Å². The van der Waals surface area contributed by atoms with Crippen molar-refractivity contribution in [3.05, 3.63) is 63.1 Å². The second-order valence-corrected chi connectivity index (χ2v) is 7.15. The smallest absolute Gasteiger partial charge is 0.207 e. The van der Waals surface area contributed by atoms with E-state index in [1.54, 1.807) is 31.2 Å². The van der Waals surface area contributed by atoms with Crippen LogP contribution in [0.25, 0.3) is 0 Å². The summed E-state index contributed by atoms with van der Waals surface area (Å²) in [5.41, 5.74) is 1.36. The van der Waals surface area contributed by atoms with Crippen LogP contribution in [0, 0.1) is 30.2 Å². The average molecular weight is 412 g/mol. The van der Waals surface area contributed by atoms with Crippen molar-refractivity contribution in [2.45, 2.75) is 18.4 Å². The van der Waals surface area contributed by atoms with Gasteiger partial charge in [-0.25, -0.2) is 30.7 Å². The fourth-order valence-electron chi connectivity index (χ4n) is 1.87. The quantitative estimate of drug-likeness (QED) is 0.472. The molecule has 0 amide bonds. The summed E-state index contributed by atoms with van der Waals surface area (Å²) in [4.78, 5) is -1.32. The Kier molecular flexibility index (Phi) is 5.12. The molecule has 3 nitrogen and oxygen atoms in total. The molecule has 0 aliphatic heterocycles. The van der Waals surface area contributed by atoms with Gasteiger partial charge in [-0.2, -0.15) is 0 Å². The SMILES string of the molecule is Cc1ccccc1CNS(=O)(=O)c1c(F)c(F)c(F)c(F)c1Br. The minimum Gasteiger partial charge on any atom is -0.207 e. The number of hydrogen-bond acceptors (Lipinski definition) is 2. The van der Waals surface area contributed by atoms with Crippen molar-refractivity contribution in [3.63, 3.8) is 0 Å². The van der Waals surface area contributed by atoms with Gasteiger partial charge in [-0.3, -0.25) is 0 Å². The van der Waals surface area contributed by atoms with Crippen molar-refractivity contribution in [1.82, 2.24) is 4.72 Å². The van der Waals surface area contributed by atoms with Gasteiger partial charge >= 0.3 is 0 Å². The number of hydrogen-bond donors (Lipinski definition) is 1. The largest absolute Gasteiger partial charge is 0.245 e. The fraction of sp³-hybridized carbons (Fsp3) is 0.143. The van der Waals surface area contributed by atoms with Gasteiger partial charge in [0.25, 0.3) is 0 Å². The summed E-state index contributed by atoms with van der Waals surface area (Å²) in [5.74, 6) is -8.09. The Bertz CT molecular complexity index is 842. The van der Waals surface area contributed by atoms with E-state index in [1.807, 2.05) is 4.72 Å². The number of rotatable bonds is 4. The van der Waals surface area contributed by atoms with E-state index < -0.39 is 42.7 Å². The van der Waals surface area contributed by atoms with Gasteiger partial charge < -0.3 is 0 Å². The van der Waals surface area contributed by atoms with E-state index in [-0.39, 0.29) is 6.54 Å². The van der Waals surface area contributed by atoms with Crippen molar-refractivity contribution < 1.29 is 26.0 Å². The molecule has 0 unspecified atom stereocenters. The molecule has 0 fully saturated rings. The Balaban J connectivity index is 2.43. The number of benzene rings is 2. The van der Waals surface area contributed by atoms with E-state index in [0.717, 1.165) is 5.56 Å². The third-order valence-corrected chi connectivity index (χ3v) is 5.60. The summed E-state index contributed by atoms with van der Waals surface area (Å²) in [6.45, 7) is 1.51. The molecule has 0 heterocycles. The minimum atomic E-state index is -4.62. The van der Waals surface area contributed by atoms with Gasteiger partial charge in [0.1, 0.15) is 4.90 Å². The molecule has 1 N–H and O–H groups in total. The summed E-state index contributed by atoms with van der Waals surface area (Å²) in [7, 11) is -4.62. The fourth-order valence-corrected chi connectivity index (χ4v) is 4.00. The van der Waals surface area contributed by atoms with Crippen LogP contribution in [0.1, 0.15) is 11.1 Å². The van der Waals surface area contributed by atoms with Crippen molar-refractivity contribution in [1.29, 1.82) is 0 Å². The first-order valence-electron chi connectivity index (χ1n) is 6.22. The van der Waals surface area contributed by atoms with Crippen LogP contribution in [-0.2, 0) is 16.6 Å². The lowest BCUT2D eigenvalue weighted by Crippen LogP contribution is -2.26. The molecular weight excluding hydrogens is 402 g/mol. The van der Waals surface area contributed by atoms with Gasteiger partial charge in [0.15, 0.2) is 23.3 Å². The van der Waals surface area contributed by atoms with Crippen molar-refractivity contribution in [3.8, 4) is 0 Å². The highest BCUT2D eigenvalue weighted by molar-refractivity contribution is 9.10. The zero-order chi connectivity index (χ0) is 17.4. The molecule has 0 aliphatic carbocycles. The summed E-state index contributed by atoms with van der Waals surface area (Å²) >= 11 is 2.45. The Morgan fingerprint density at radius 3 is 2.17 bits per heavy atom. The Morgan fingerprint density at radius 1 is 1.00 bits per heavy atom. The molecule has 2 aromatic carbocycles. The van der Waals surface area contributed by atoms with Crippen LogP contribution >= 0.6 is 15.9 Å². The molecule has 0 saturated carbocycles. The Hall–Kier alpha value is -1.45.